The van der Waals surface area contributed by atoms with Crippen LogP contribution in [0, 0.1) is 0 Å². The van der Waals surface area contributed by atoms with Gasteiger partial charge in [-0.1, -0.05) is 30.3 Å². The topological polar surface area (TPSA) is 46.5 Å². The Labute approximate surface area is 76.7 Å². The summed E-state index contributed by atoms with van der Waals surface area (Å²) in [4.78, 5) is 9.83. The number of nitrogens with zero attached hydrogens (tertiary/aromatic N) is 1. The number of hydrogen-bond donors (Lipinski definition) is 0. The van der Waals surface area contributed by atoms with E-state index in [0.29, 0.717) is 5.31 Å². The van der Waals surface area contributed by atoms with Crippen molar-refractivity contribution < 1.29 is 9.36 Å². The zero-order valence-corrected chi connectivity index (χ0v) is 7.70. The van der Waals surface area contributed by atoms with Gasteiger partial charge in [-0.3, -0.25) is 0 Å². The minimum atomic E-state index is -2.06. The molecule has 0 fully saturated rings. The van der Waals surface area contributed by atoms with Gasteiger partial charge in [-0.15, -0.1) is 0 Å². The largest absolute Gasteiger partial charge is 0.536 e. The van der Waals surface area contributed by atoms with E-state index in [0.717, 1.165) is 5.56 Å². The quantitative estimate of drug-likeness (QED) is 0.420. The average molecular weight is 192 g/mol. The summed E-state index contributed by atoms with van der Waals surface area (Å²) in [6.07, 6.45) is 1.25. The molecule has 4 heteroatoms. The molecule has 0 amide bonds. The van der Waals surface area contributed by atoms with Gasteiger partial charge in [0.25, 0.3) is 6.08 Å². The van der Waals surface area contributed by atoms with Crippen molar-refractivity contribution in [2.45, 2.75) is 0 Å². The molecule has 13 heavy (non-hydrogen) atoms. The molecule has 0 heterocycles. The van der Waals surface area contributed by atoms with Gasteiger partial charge in [0.05, 0.1) is 4.76 Å². The number of isocyanates is 1. The maximum Gasteiger partial charge on any atom is 0.536 e. The van der Waals surface area contributed by atoms with Crippen molar-refractivity contribution in [3.63, 3.8) is 0 Å². The van der Waals surface area contributed by atoms with Gasteiger partial charge in [-0.2, -0.15) is 0 Å². The van der Waals surface area contributed by atoms with Crippen molar-refractivity contribution in [2.75, 3.05) is 0 Å². The first-order valence-electron chi connectivity index (χ1n) is 3.55. The van der Waals surface area contributed by atoms with Crippen LogP contribution in [0.3, 0.4) is 0 Å². The molecule has 0 aliphatic carbocycles. The molecule has 0 aliphatic rings. The average Bonchev–Trinajstić information content (AvgIpc) is 2.18. The highest BCUT2D eigenvalue weighted by Crippen LogP contribution is 2.38. The van der Waals surface area contributed by atoms with E-state index in [2.05, 4.69) is 11.3 Å². The normalized spacial score (nSPS) is 10.0. The molecule has 0 bridgehead atoms. The second-order valence-electron chi connectivity index (χ2n) is 2.28. The highest BCUT2D eigenvalue weighted by atomic mass is 31.1. The Kier molecular flexibility index (Phi) is 3.27. The van der Waals surface area contributed by atoms with Gasteiger partial charge in [0.2, 0.25) is 5.31 Å². The molecule has 3 nitrogen and oxygen atoms in total. The molecular formula is C9H7NO2P+. The number of carbonyl (C=O) groups excluding carboxylic acids is 1. The molecule has 0 saturated heterocycles. The number of rotatable bonds is 3. The predicted molar refractivity (Wildman–Crippen MR) is 51.2 cm³/mol. The predicted octanol–water partition coefficient (Wildman–Crippen LogP) is 2.74. The lowest BCUT2D eigenvalue weighted by atomic mass is 10.2. The van der Waals surface area contributed by atoms with Crippen LogP contribution in [0.4, 0.5) is 0 Å². The van der Waals surface area contributed by atoms with E-state index in [-0.39, 0.29) is 0 Å². The first-order valence-corrected chi connectivity index (χ1v) is 4.76. The Morgan fingerprint density at radius 1 is 1.38 bits per heavy atom. The smallest absolute Gasteiger partial charge is 0.207 e. The molecule has 1 atom stereocenters. The van der Waals surface area contributed by atoms with Gasteiger partial charge in [-0.05, 0) is 11.1 Å². The van der Waals surface area contributed by atoms with Crippen LogP contribution in [0.2, 0.25) is 0 Å². The van der Waals surface area contributed by atoms with Crippen LogP contribution in [0.5, 0.6) is 0 Å². The minimum Gasteiger partial charge on any atom is -0.207 e. The molecular weight excluding hydrogens is 185 g/mol. The molecule has 0 saturated carbocycles. The van der Waals surface area contributed by atoms with E-state index < -0.39 is 7.95 Å². The summed E-state index contributed by atoms with van der Waals surface area (Å²) in [7, 11) is -2.06. The molecule has 1 aromatic rings. The van der Waals surface area contributed by atoms with Crippen LogP contribution in [-0.2, 0) is 9.36 Å². The van der Waals surface area contributed by atoms with E-state index in [1.165, 1.54) is 6.08 Å². The Hall–Kier alpha value is -1.56. The van der Waals surface area contributed by atoms with E-state index in [1.54, 1.807) is 24.3 Å². The van der Waals surface area contributed by atoms with Crippen LogP contribution < -0.4 is 0 Å². The van der Waals surface area contributed by atoms with Crippen molar-refractivity contribution in [1.29, 1.82) is 0 Å². The maximum absolute atomic E-state index is 11.2. The Morgan fingerprint density at radius 2 is 2.00 bits per heavy atom. The van der Waals surface area contributed by atoms with Gasteiger partial charge in [0.1, 0.15) is 0 Å². The van der Waals surface area contributed by atoms with Gasteiger partial charge in [0, 0.05) is 5.56 Å². The SMILES string of the molecule is C=C(c1ccccc1)[P+](=O)N=C=O. The van der Waals surface area contributed by atoms with E-state index in [9.17, 15) is 9.36 Å². The molecule has 0 spiro atoms. The summed E-state index contributed by atoms with van der Waals surface area (Å²) in [5.74, 6) is 0. The van der Waals surface area contributed by atoms with Crippen molar-refractivity contribution in [3.8, 4) is 0 Å². The third kappa shape index (κ3) is 2.45. The van der Waals surface area contributed by atoms with Crippen molar-refractivity contribution >= 4 is 19.3 Å². The zero-order valence-electron chi connectivity index (χ0n) is 6.80. The molecule has 1 aromatic carbocycles. The molecule has 1 rings (SSSR count). The minimum absolute atomic E-state index is 0.346. The fourth-order valence-corrected chi connectivity index (χ4v) is 1.40. The number of benzene rings is 1. The van der Waals surface area contributed by atoms with Gasteiger partial charge < -0.3 is 0 Å². The highest BCUT2D eigenvalue weighted by molar-refractivity contribution is 7.55. The first-order chi connectivity index (χ1) is 6.25. The molecule has 0 aliphatic heterocycles. The van der Waals surface area contributed by atoms with Crippen LogP contribution in [-0.4, -0.2) is 6.08 Å². The Bertz CT molecular complexity index is 380. The summed E-state index contributed by atoms with van der Waals surface area (Å²) in [6, 6.07) is 8.96. The summed E-state index contributed by atoms with van der Waals surface area (Å²) in [6.45, 7) is 3.59. The summed E-state index contributed by atoms with van der Waals surface area (Å²) in [5, 5.41) is 0.346. The van der Waals surface area contributed by atoms with E-state index in [4.69, 9.17) is 0 Å². The van der Waals surface area contributed by atoms with Gasteiger partial charge in [-0.25, -0.2) is 4.79 Å². The van der Waals surface area contributed by atoms with E-state index in [1.807, 2.05) is 6.07 Å². The number of hydrogen-bond acceptors (Lipinski definition) is 2. The lowest BCUT2D eigenvalue weighted by molar-refractivity contribution is 0.564. The zero-order chi connectivity index (χ0) is 9.68. The van der Waals surface area contributed by atoms with E-state index >= 15 is 0 Å². The summed E-state index contributed by atoms with van der Waals surface area (Å²) >= 11 is 0. The monoisotopic (exact) mass is 192 g/mol. The lowest BCUT2D eigenvalue weighted by Crippen LogP contribution is -1.74. The van der Waals surface area contributed by atoms with Gasteiger partial charge >= 0.3 is 7.95 Å². The van der Waals surface area contributed by atoms with Crippen LogP contribution in [0.15, 0.2) is 41.7 Å². The molecule has 0 radical (unpaired) electrons. The van der Waals surface area contributed by atoms with Gasteiger partial charge in [0.15, 0.2) is 0 Å². The first kappa shape index (κ1) is 9.53. The Balaban J connectivity index is 2.92. The third-order valence-corrected chi connectivity index (χ3v) is 2.45. The maximum atomic E-state index is 11.2. The summed E-state index contributed by atoms with van der Waals surface area (Å²) < 4.78 is 14.3. The van der Waals surface area contributed by atoms with Crippen molar-refractivity contribution in [2.24, 2.45) is 4.76 Å². The molecule has 0 N–H and O–H groups in total. The standard InChI is InChI=1S/C9H7NO2P/c1-8(13(12)10-7-11)9-5-3-2-4-6-9/h2-6H,1H2/q+1. The Morgan fingerprint density at radius 3 is 2.54 bits per heavy atom. The third-order valence-electron chi connectivity index (χ3n) is 1.47. The lowest BCUT2D eigenvalue weighted by Gasteiger charge is -1.89. The molecule has 64 valence electrons. The molecule has 1 unspecified atom stereocenters. The second-order valence-corrected chi connectivity index (χ2v) is 3.56. The van der Waals surface area contributed by atoms with Crippen molar-refractivity contribution in [1.82, 2.24) is 0 Å². The van der Waals surface area contributed by atoms with Crippen LogP contribution in [0.25, 0.3) is 5.31 Å². The van der Waals surface area contributed by atoms with Crippen LogP contribution in [0.1, 0.15) is 5.56 Å². The van der Waals surface area contributed by atoms with Crippen LogP contribution >= 0.6 is 7.95 Å². The second kappa shape index (κ2) is 4.46. The fraction of sp³-hybridized carbons (Fsp3) is 0. The van der Waals surface area contributed by atoms with Crippen molar-refractivity contribution in [3.05, 3.63) is 42.5 Å². The fourth-order valence-electron chi connectivity index (χ4n) is 0.838. The molecule has 0 aromatic heterocycles. The highest BCUT2D eigenvalue weighted by Gasteiger charge is 2.22. The summed E-state index contributed by atoms with van der Waals surface area (Å²) in [5.41, 5.74) is 0.725.